The molecule has 94 valence electrons. The number of aromatic amines is 2. The SMILES string of the molecule is Cc1cc(NC(=O)c2n[nH]c(C)n2)c(C(=O)O)[nH]1. The fraction of sp³-hybridized carbons (Fsp3) is 0.200. The zero-order valence-electron chi connectivity index (χ0n) is 9.74. The van der Waals surface area contributed by atoms with Crippen molar-refractivity contribution in [2.45, 2.75) is 13.8 Å². The smallest absolute Gasteiger partial charge is 0.354 e. The molecule has 4 N–H and O–H groups in total. The summed E-state index contributed by atoms with van der Waals surface area (Å²) < 4.78 is 0. The Bertz CT molecular complexity index is 613. The van der Waals surface area contributed by atoms with Crippen LogP contribution in [0.2, 0.25) is 0 Å². The summed E-state index contributed by atoms with van der Waals surface area (Å²) in [7, 11) is 0. The molecule has 0 fully saturated rings. The van der Waals surface area contributed by atoms with E-state index in [1.165, 1.54) is 6.07 Å². The Labute approximate surface area is 101 Å². The number of hydrogen-bond donors (Lipinski definition) is 4. The number of carboxylic acid groups (broad SMARTS) is 1. The minimum atomic E-state index is -1.15. The van der Waals surface area contributed by atoms with E-state index < -0.39 is 11.9 Å². The van der Waals surface area contributed by atoms with Crippen LogP contribution in [0.25, 0.3) is 0 Å². The zero-order chi connectivity index (χ0) is 13.3. The Morgan fingerprint density at radius 1 is 1.39 bits per heavy atom. The summed E-state index contributed by atoms with van der Waals surface area (Å²) in [6.45, 7) is 3.35. The fourth-order valence-electron chi connectivity index (χ4n) is 1.48. The van der Waals surface area contributed by atoms with Gasteiger partial charge in [0.05, 0.1) is 5.69 Å². The molecule has 0 bridgehead atoms. The standard InChI is InChI=1S/C10H11N5O3/c1-4-3-6(7(11-4)10(17)18)13-9(16)8-12-5(2)14-15-8/h3,11H,1-2H3,(H,13,16)(H,17,18)(H,12,14,15). The maximum Gasteiger partial charge on any atom is 0.354 e. The number of H-pyrrole nitrogens is 2. The average molecular weight is 249 g/mol. The predicted molar refractivity (Wildman–Crippen MR) is 61.6 cm³/mol. The summed E-state index contributed by atoms with van der Waals surface area (Å²) in [5.41, 5.74) is 0.745. The third-order valence-corrected chi connectivity index (χ3v) is 2.21. The van der Waals surface area contributed by atoms with Gasteiger partial charge in [-0.25, -0.2) is 9.78 Å². The molecule has 2 aromatic heterocycles. The van der Waals surface area contributed by atoms with E-state index in [1.807, 2.05) is 0 Å². The van der Waals surface area contributed by atoms with Crippen LogP contribution in [-0.2, 0) is 0 Å². The molecule has 18 heavy (non-hydrogen) atoms. The molecule has 0 saturated heterocycles. The Hall–Kier alpha value is -2.64. The van der Waals surface area contributed by atoms with Crippen molar-refractivity contribution in [3.8, 4) is 0 Å². The minimum Gasteiger partial charge on any atom is -0.477 e. The van der Waals surface area contributed by atoms with Gasteiger partial charge < -0.3 is 15.4 Å². The molecule has 8 heteroatoms. The van der Waals surface area contributed by atoms with Gasteiger partial charge in [-0.3, -0.25) is 9.89 Å². The molecule has 0 radical (unpaired) electrons. The maximum absolute atomic E-state index is 11.7. The Balaban J connectivity index is 2.24. The Kier molecular flexibility index (Phi) is 2.84. The molecule has 0 aliphatic rings. The number of carboxylic acids is 1. The molecule has 0 aliphatic heterocycles. The summed E-state index contributed by atoms with van der Waals surface area (Å²) in [4.78, 5) is 29.2. The number of aromatic carboxylic acids is 1. The summed E-state index contributed by atoms with van der Waals surface area (Å²) in [6, 6.07) is 1.53. The first-order chi connectivity index (χ1) is 8.47. The number of rotatable bonds is 3. The van der Waals surface area contributed by atoms with Gasteiger partial charge in [0.25, 0.3) is 5.91 Å². The predicted octanol–water partition coefficient (Wildman–Crippen LogP) is 0.700. The molecule has 1 amide bonds. The first-order valence-corrected chi connectivity index (χ1v) is 5.10. The highest BCUT2D eigenvalue weighted by Crippen LogP contribution is 2.17. The van der Waals surface area contributed by atoms with Crippen LogP contribution in [0, 0.1) is 13.8 Å². The van der Waals surface area contributed by atoms with Crippen molar-refractivity contribution in [3.63, 3.8) is 0 Å². The number of amides is 1. The van der Waals surface area contributed by atoms with E-state index in [9.17, 15) is 9.59 Å². The van der Waals surface area contributed by atoms with Crippen molar-refractivity contribution in [2.24, 2.45) is 0 Å². The van der Waals surface area contributed by atoms with Crippen molar-refractivity contribution < 1.29 is 14.7 Å². The van der Waals surface area contributed by atoms with Crippen LogP contribution in [0.1, 0.15) is 32.6 Å². The second-order valence-corrected chi connectivity index (χ2v) is 3.74. The normalized spacial score (nSPS) is 10.3. The second kappa shape index (κ2) is 4.32. The van der Waals surface area contributed by atoms with Crippen molar-refractivity contribution >= 4 is 17.6 Å². The van der Waals surface area contributed by atoms with E-state index >= 15 is 0 Å². The second-order valence-electron chi connectivity index (χ2n) is 3.74. The highest BCUT2D eigenvalue weighted by molar-refractivity contribution is 6.05. The topological polar surface area (TPSA) is 124 Å². The summed E-state index contributed by atoms with van der Waals surface area (Å²) in [5, 5.41) is 17.6. The van der Waals surface area contributed by atoms with Gasteiger partial charge in [-0.15, -0.1) is 5.10 Å². The molecule has 2 heterocycles. The van der Waals surface area contributed by atoms with Crippen LogP contribution >= 0.6 is 0 Å². The molecular weight excluding hydrogens is 238 g/mol. The van der Waals surface area contributed by atoms with Gasteiger partial charge in [-0.05, 0) is 19.9 Å². The lowest BCUT2D eigenvalue weighted by molar-refractivity contribution is 0.0692. The van der Waals surface area contributed by atoms with Crippen molar-refractivity contribution in [2.75, 3.05) is 5.32 Å². The van der Waals surface area contributed by atoms with Crippen LogP contribution in [0.3, 0.4) is 0 Å². The van der Waals surface area contributed by atoms with Crippen LogP contribution in [-0.4, -0.2) is 37.1 Å². The third kappa shape index (κ3) is 2.21. The molecule has 0 aromatic carbocycles. The number of nitrogens with zero attached hydrogens (tertiary/aromatic N) is 2. The lowest BCUT2D eigenvalue weighted by Gasteiger charge is -2.00. The summed E-state index contributed by atoms with van der Waals surface area (Å²) in [5.74, 6) is -1.25. The lowest BCUT2D eigenvalue weighted by atomic mass is 10.3. The lowest BCUT2D eigenvalue weighted by Crippen LogP contribution is -2.15. The van der Waals surface area contributed by atoms with Crippen LogP contribution in [0.15, 0.2) is 6.07 Å². The molecule has 0 unspecified atom stereocenters. The van der Waals surface area contributed by atoms with Gasteiger partial charge in [0, 0.05) is 5.69 Å². The molecule has 0 aliphatic carbocycles. The van der Waals surface area contributed by atoms with Crippen LogP contribution in [0.4, 0.5) is 5.69 Å². The van der Waals surface area contributed by atoms with Crippen LogP contribution < -0.4 is 5.32 Å². The average Bonchev–Trinajstić information content (AvgIpc) is 2.85. The summed E-state index contributed by atoms with van der Waals surface area (Å²) in [6.07, 6.45) is 0. The number of anilines is 1. The van der Waals surface area contributed by atoms with Gasteiger partial charge in [-0.2, -0.15) is 0 Å². The number of aryl methyl sites for hydroxylation is 2. The molecular formula is C10H11N5O3. The van der Waals surface area contributed by atoms with Crippen molar-refractivity contribution in [1.82, 2.24) is 20.2 Å². The van der Waals surface area contributed by atoms with Crippen LogP contribution in [0.5, 0.6) is 0 Å². The van der Waals surface area contributed by atoms with E-state index in [0.29, 0.717) is 11.5 Å². The highest BCUT2D eigenvalue weighted by Gasteiger charge is 2.18. The van der Waals surface area contributed by atoms with E-state index in [2.05, 4.69) is 25.5 Å². The minimum absolute atomic E-state index is 0.0392. The molecule has 8 nitrogen and oxygen atoms in total. The van der Waals surface area contributed by atoms with Gasteiger partial charge in [-0.1, -0.05) is 0 Å². The monoisotopic (exact) mass is 249 g/mol. The molecule has 2 aromatic rings. The highest BCUT2D eigenvalue weighted by atomic mass is 16.4. The third-order valence-electron chi connectivity index (χ3n) is 2.21. The number of hydrogen-bond acceptors (Lipinski definition) is 4. The Morgan fingerprint density at radius 2 is 2.11 bits per heavy atom. The van der Waals surface area contributed by atoms with Gasteiger partial charge in [0.2, 0.25) is 5.82 Å². The first kappa shape index (κ1) is 11.8. The number of aromatic nitrogens is 4. The van der Waals surface area contributed by atoms with E-state index in [-0.39, 0.29) is 17.2 Å². The van der Waals surface area contributed by atoms with Gasteiger partial charge in [0.1, 0.15) is 11.5 Å². The van der Waals surface area contributed by atoms with E-state index in [4.69, 9.17) is 5.11 Å². The Morgan fingerprint density at radius 3 is 2.67 bits per heavy atom. The molecule has 0 atom stereocenters. The quantitative estimate of drug-likeness (QED) is 0.637. The van der Waals surface area contributed by atoms with Crippen molar-refractivity contribution in [3.05, 3.63) is 29.1 Å². The zero-order valence-corrected chi connectivity index (χ0v) is 9.74. The van der Waals surface area contributed by atoms with Gasteiger partial charge in [0.15, 0.2) is 0 Å². The number of carbonyl (C=O) groups is 2. The fourth-order valence-corrected chi connectivity index (χ4v) is 1.48. The number of nitrogens with one attached hydrogen (secondary N) is 3. The molecule has 2 rings (SSSR count). The van der Waals surface area contributed by atoms with E-state index in [0.717, 1.165) is 0 Å². The first-order valence-electron chi connectivity index (χ1n) is 5.10. The van der Waals surface area contributed by atoms with Gasteiger partial charge >= 0.3 is 5.97 Å². The summed E-state index contributed by atoms with van der Waals surface area (Å²) >= 11 is 0. The van der Waals surface area contributed by atoms with Crippen molar-refractivity contribution in [1.29, 1.82) is 0 Å². The maximum atomic E-state index is 11.7. The van der Waals surface area contributed by atoms with E-state index in [1.54, 1.807) is 13.8 Å². The number of carbonyl (C=O) groups excluding carboxylic acids is 1. The largest absolute Gasteiger partial charge is 0.477 e. The molecule has 0 spiro atoms. The molecule has 0 saturated carbocycles.